The maximum absolute atomic E-state index is 14.2. The Morgan fingerprint density at radius 2 is 1.65 bits per heavy atom. The van der Waals surface area contributed by atoms with Crippen LogP contribution in [0.1, 0.15) is 55.2 Å². The molecule has 0 spiro atoms. The number of methoxy groups -OCH3 is 1. The van der Waals surface area contributed by atoms with Crippen LogP contribution in [-0.4, -0.2) is 75.9 Å². The molecule has 6 rings (SSSR count). The molecule has 3 atom stereocenters. The molecule has 1 unspecified atom stereocenters. The largest absolute Gasteiger partial charge is 0.497 e. The Hall–Kier alpha value is -4.37. The lowest BCUT2D eigenvalue weighted by Gasteiger charge is -2.35. The standard InChI is InChI=1S/C32H35F6N7O3/c1-48-24-8-5-20(6-9-24)19-44-29(47)25(32(36,37)38)16-27(41-44)45-23(15-21-3-2-4-26(21)45)7-10-28(46)42-11-13-43(14-12-42)30-39-17-22(18-40-30)31(33,34)35/h5-6,8-9,16-18,21,23,26H,2-4,7,10-15,19H2,1H3/t21-,23+,26?/m0/s1. The first-order valence-corrected chi connectivity index (χ1v) is 15.8. The third-order valence-electron chi connectivity index (χ3n) is 9.54. The molecule has 2 aliphatic heterocycles. The highest BCUT2D eigenvalue weighted by Crippen LogP contribution is 2.45. The van der Waals surface area contributed by atoms with Crippen molar-refractivity contribution in [1.29, 1.82) is 0 Å². The molecule has 4 heterocycles. The zero-order chi connectivity index (χ0) is 34.2. The summed E-state index contributed by atoms with van der Waals surface area (Å²) in [6.45, 7) is 1.19. The number of amides is 1. The molecule has 3 aromatic rings. The summed E-state index contributed by atoms with van der Waals surface area (Å²) in [6.07, 6.45) is -4.04. The van der Waals surface area contributed by atoms with E-state index in [0.29, 0.717) is 50.3 Å². The fourth-order valence-corrected chi connectivity index (χ4v) is 7.11. The van der Waals surface area contributed by atoms with E-state index in [0.717, 1.165) is 42.4 Å². The summed E-state index contributed by atoms with van der Waals surface area (Å²) in [4.78, 5) is 39.3. The highest BCUT2D eigenvalue weighted by Gasteiger charge is 2.46. The van der Waals surface area contributed by atoms with Gasteiger partial charge in [0.2, 0.25) is 11.9 Å². The number of halogens is 6. The van der Waals surface area contributed by atoms with Crippen LogP contribution in [0, 0.1) is 5.92 Å². The van der Waals surface area contributed by atoms with Crippen LogP contribution in [0.15, 0.2) is 47.5 Å². The van der Waals surface area contributed by atoms with Gasteiger partial charge in [-0.3, -0.25) is 9.59 Å². The number of benzene rings is 1. The van der Waals surface area contributed by atoms with Crippen LogP contribution in [-0.2, 0) is 23.7 Å². The highest BCUT2D eigenvalue weighted by molar-refractivity contribution is 5.76. The van der Waals surface area contributed by atoms with E-state index in [1.54, 1.807) is 34.1 Å². The Morgan fingerprint density at radius 3 is 2.27 bits per heavy atom. The van der Waals surface area contributed by atoms with Gasteiger partial charge in [-0.1, -0.05) is 18.6 Å². The summed E-state index contributed by atoms with van der Waals surface area (Å²) >= 11 is 0. The number of alkyl halides is 6. The van der Waals surface area contributed by atoms with Gasteiger partial charge in [0.15, 0.2) is 5.82 Å². The molecule has 3 aliphatic rings. The number of rotatable bonds is 8. The number of carbonyl (C=O) groups excluding carboxylic acids is 1. The van der Waals surface area contributed by atoms with Crippen LogP contribution in [0.4, 0.5) is 38.1 Å². The molecule has 2 saturated heterocycles. The number of aromatic nitrogens is 4. The summed E-state index contributed by atoms with van der Waals surface area (Å²) in [7, 11) is 1.50. The topological polar surface area (TPSA) is 96.7 Å². The first-order valence-electron chi connectivity index (χ1n) is 15.8. The van der Waals surface area contributed by atoms with Crippen molar-refractivity contribution in [2.45, 2.75) is 69.5 Å². The Morgan fingerprint density at radius 1 is 0.958 bits per heavy atom. The summed E-state index contributed by atoms with van der Waals surface area (Å²) in [6, 6.07) is 7.22. The number of ether oxygens (including phenoxy) is 1. The van der Waals surface area contributed by atoms with Gasteiger partial charge in [-0.15, -0.1) is 0 Å². The van der Waals surface area contributed by atoms with Crippen LogP contribution < -0.4 is 20.1 Å². The Bertz CT molecular complexity index is 1660. The molecule has 1 amide bonds. The van der Waals surface area contributed by atoms with Gasteiger partial charge >= 0.3 is 12.4 Å². The van der Waals surface area contributed by atoms with Crippen LogP contribution in [0.2, 0.25) is 0 Å². The molecular weight excluding hydrogens is 644 g/mol. The van der Waals surface area contributed by atoms with Crippen molar-refractivity contribution in [1.82, 2.24) is 24.6 Å². The zero-order valence-corrected chi connectivity index (χ0v) is 26.2. The Labute approximate surface area is 272 Å². The number of nitrogens with zero attached hydrogens (tertiary/aromatic N) is 7. The van der Waals surface area contributed by atoms with E-state index in [1.807, 2.05) is 4.90 Å². The second kappa shape index (κ2) is 13.3. The van der Waals surface area contributed by atoms with Crippen molar-refractivity contribution in [2.75, 3.05) is 43.1 Å². The Kier molecular flexibility index (Phi) is 9.27. The molecule has 2 aromatic heterocycles. The van der Waals surface area contributed by atoms with Crippen molar-refractivity contribution < 1.29 is 35.9 Å². The van der Waals surface area contributed by atoms with Gasteiger partial charge in [0.1, 0.15) is 11.3 Å². The predicted molar refractivity (Wildman–Crippen MR) is 163 cm³/mol. The minimum Gasteiger partial charge on any atom is -0.497 e. The van der Waals surface area contributed by atoms with Gasteiger partial charge in [-0.25, -0.2) is 14.6 Å². The molecular formula is C32H35F6N7O3. The minimum atomic E-state index is -4.88. The fourth-order valence-electron chi connectivity index (χ4n) is 7.11. The molecule has 0 radical (unpaired) electrons. The van der Waals surface area contributed by atoms with Crippen molar-refractivity contribution in [2.24, 2.45) is 5.92 Å². The van der Waals surface area contributed by atoms with Gasteiger partial charge in [-0.05, 0) is 49.3 Å². The van der Waals surface area contributed by atoms with Crippen LogP contribution in [0.25, 0.3) is 0 Å². The molecule has 1 aliphatic carbocycles. The third kappa shape index (κ3) is 7.06. The van der Waals surface area contributed by atoms with E-state index >= 15 is 0 Å². The molecule has 48 heavy (non-hydrogen) atoms. The highest BCUT2D eigenvalue weighted by atomic mass is 19.4. The first kappa shape index (κ1) is 33.5. The average Bonchev–Trinajstić information content (AvgIpc) is 3.65. The second-order valence-corrected chi connectivity index (χ2v) is 12.5. The summed E-state index contributed by atoms with van der Waals surface area (Å²) in [5.74, 6) is 0.930. The van der Waals surface area contributed by atoms with Crippen molar-refractivity contribution in [3.8, 4) is 5.75 Å². The number of piperazine rings is 1. The maximum Gasteiger partial charge on any atom is 0.421 e. The van der Waals surface area contributed by atoms with Gasteiger partial charge < -0.3 is 19.4 Å². The number of hydrogen-bond acceptors (Lipinski definition) is 8. The number of fused-ring (bicyclic) bond motifs is 1. The molecule has 258 valence electrons. The molecule has 10 nitrogen and oxygen atoms in total. The van der Waals surface area contributed by atoms with E-state index in [9.17, 15) is 35.9 Å². The van der Waals surface area contributed by atoms with Gasteiger partial charge in [0.05, 0.1) is 19.2 Å². The van der Waals surface area contributed by atoms with E-state index in [-0.39, 0.29) is 48.6 Å². The smallest absolute Gasteiger partial charge is 0.421 e. The van der Waals surface area contributed by atoms with Crippen molar-refractivity contribution >= 4 is 17.7 Å². The van der Waals surface area contributed by atoms with E-state index < -0.39 is 29.0 Å². The summed E-state index contributed by atoms with van der Waals surface area (Å²) < 4.78 is 87.2. The lowest BCUT2D eigenvalue weighted by Crippen LogP contribution is -2.49. The van der Waals surface area contributed by atoms with Crippen molar-refractivity contribution in [3.63, 3.8) is 0 Å². The SMILES string of the molecule is COc1ccc(Cn2nc(N3C4CCC[C@H]4C[C@H]3CCC(=O)N3CCN(c4ncc(C(F)(F)F)cn4)CC3)cc(C(F)(F)F)c2=O)cc1. The lowest BCUT2D eigenvalue weighted by molar-refractivity contribution is -0.139. The van der Waals surface area contributed by atoms with Crippen LogP contribution >= 0.6 is 0 Å². The molecule has 3 fully saturated rings. The van der Waals surface area contributed by atoms with Gasteiger partial charge in [-0.2, -0.15) is 31.4 Å². The first-order chi connectivity index (χ1) is 22.8. The van der Waals surface area contributed by atoms with Gasteiger partial charge in [0.25, 0.3) is 5.56 Å². The number of anilines is 2. The summed E-state index contributed by atoms with van der Waals surface area (Å²) in [5, 5.41) is 4.47. The number of hydrogen-bond donors (Lipinski definition) is 0. The Balaban J connectivity index is 1.16. The van der Waals surface area contributed by atoms with E-state index in [1.165, 1.54) is 7.11 Å². The third-order valence-corrected chi connectivity index (χ3v) is 9.54. The van der Waals surface area contributed by atoms with E-state index in [4.69, 9.17) is 4.74 Å². The van der Waals surface area contributed by atoms with Crippen molar-refractivity contribution in [3.05, 3.63) is 69.8 Å². The second-order valence-electron chi connectivity index (χ2n) is 12.5. The average molecular weight is 680 g/mol. The predicted octanol–water partition coefficient (Wildman–Crippen LogP) is 5.00. The normalized spacial score (nSPS) is 21.5. The molecule has 0 bridgehead atoms. The minimum absolute atomic E-state index is 0.0436. The van der Waals surface area contributed by atoms with Crippen LogP contribution in [0.5, 0.6) is 5.75 Å². The quantitative estimate of drug-likeness (QED) is 0.307. The fraction of sp³-hybridized carbons (Fsp3) is 0.531. The molecule has 1 aromatic carbocycles. The number of carbonyl (C=O) groups is 1. The zero-order valence-electron chi connectivity index (χ0n) is 26.2. The molecule has 16 heteroatoms. The molecule has 0 N–H and O–H groups in total. The van der Waals surface area contributed by atoms with Crippen LogP contribution in [0.3, 0.4) is 0 Å². The van der Waals surface area contributed by atoms with E-state index in [2.05, 4.69) is 15.1 Å². The molecule has 1 saturated carbocycles. The monoisotopic (exact) mass is 679 g/mol. The maximum atomic E-state index is 14.2. The lowest BCUT2D eigenvalue weighted by atomic mass is 9.99. The van der Waals surface area contributed by atoms with Gasteiger partial charge in [0, 0.05) is 63.1 Å². The summed E-state index contributed by atoms with van der Waals surface area (Å²) in [5.41, 5.74) is -2.86.